The molecule has 2 atom stereocenters. The van der Waals surface area contributed by atoms with Crippen LogP contribution < -0.4 is 0 Å². The lowest BCUT2D eigenvalue weighted by atomic mass is 9.81. The van der Waals surface area contributed by atoms with Gasteiger partial charge in [0.1, 0.15) is 0 Å². The van der Waals surface area contributed by atoms with Gasteiger partial charge in [-0.05, 0) is 63.9 Å². The second kappa shape index (κ2) is 7.11. The van der Waals surface area contributed by atoms with E-state index in [-0.39, 0.29) is 0 Å². The van der Waals surface area contributed by atoms with E-state index in [1.165, 1.54) is 49.7 Å². The van der Waals surface area contributed by atoms with Crippen LogP contribution in [0.25, 0.3) is 0 Å². The molecule has 0 aromatic heterocycles. The highest BCUT2D eigenvalue weighted by molar-refractivity contribution is 5.24. The zero-order chi connectivity index (χ0) is 14.5. The second-order valence-electron chi connectivity index (χ2n) is 6.91. The smallest absolute Gasteiger partial charge is 0.0190 e. The molecule has 0 bridgehead atoms. The van der Waals surface area contributed by atoms with Crippen LogP contribution in [0.2, 0.25) is 0 Å². The largest absolute Gasteiger partial charge is 0.0744 e. The van der Waals surface area contributed by atoms with E-state index in [4.69, 9.17) is 0 Å². The van der Waals surface area contributed by atoms with Gasteiger partial charge >= 0.3 is 0 Å². The molecular weight excluding hydrogens is 240 g/mol. The lowest BCUT2D eigenvalue weighted by Gasteiger charge is -2.24. The van der Waals surface area contributed by atoms with E-state index in [1.807, 2.05) is 0 Å². The molecule has 1 aromatic rings. The second-order valence-corrected chi connectivity index (χ2v) is 6.91. The molecule has 0 amide bonds. The van der Waals surface area contributed by atoms with Gasteiger partial charge < -0.3 is 0 Å². The molecule has 0 radical (unpaired) electrons. The molecule has 110 valence electrons. The van der Waals surface area contributed by atoms with Crippen molar-refractivity contribution in [2.24, 2.45) is 5.92 Å². The van der Waals surface area contributed by atoms with Crippen LogP contribution in [0.3, 0.4) is 0 Å². The Labute approximate surface area is 125 Å². The Morgan fingerprint density at radius 3 is 2.40 bits per heavy atom. The fourth-order valence-electron chi connectivity index (χ4n) is 3.36. The fraction of sp³-hybridized carbons (Fsp3) is 0.600. The van der Waals surface area contributed by atoms with Crippen molar-refractivity contribution in [3.63, 3.8) is 0 Å². The Kier molecular flexibility index (Phi) is 5.46. The Morgan fingerprint density at radius 1 is 1.05 bits per heavy atom. The topological polar surface area (TPSA) is 0 Å². The van der Waals surface area contributed by atoms with E-state index in [0.717, 1.165) is 5.92 Å². The average molecular weight is 270 g/mol. The molecule has 0 saturated carbocycles. The Bertz CT molecular complexity index is 449. The molecule has 0 heterocycles. The lowest BCUT2D eigenvalue weighted by molar-refractivity contribution is 0.400. The summed E-state index contributed by atoms with van der Waals surface area (Å²) in [7, 11) is 0. The number of benzene rings is 1. The third kappa shape index (κ3) is 4.23. The first kappa shape index (κ1) is 15.4. The van der Waals surface area contributed by atoms with Crippen LogP contribution in [0, 0.1) is 12.8 Å². The van der Waals surface area contributed by atoms with E-state index in [2.05, 4.69) is 52.0 Å². The van der Waals surface area contributed by atoms with Crippen LogP contribution >= 0.6 is 0 Å². The molecule has 0 saturated heterocycles. The summed E-state index contributed by atoms with van der Waals surface area (Å²) in [5.41, 5.74) is 6.18. The van der Waals surface area contributed by atoms with E-state index in [9.17, 15) is 0 Å². The van der Waals surface area contributed by atoms with Gasteiger partial charge in [0.25, 0.3) is 0 Å². The van der Waals surface area contributed by atoms with Gasteiger partial charge in [0.2, 0.25) is 0 Å². The van der Waals surface area contributed by atoms with Gasteiger partial charge in [0.05, 0.1) is 0 Å². The monoisotopic (exact) mass is 270 g/mol. The minimum absolute atomic E-state index is 0.706. The van der Waals surface area contributed by atoms with Crippen molar-refractivity contribution in [1.29, 1.82) is 0 Å². The van der Waals surface area contributed by atoms with Crippen molar-refractivity contribution in [2.45, 2.75) is 72.1 Å². The highest BCUT2D eigenvalue weighted by Gasteiger charge is 2.16. The first-order valence-corrected chi connectivity index (χ1v) is 8.28. The van der Waals surface area contributed by atoms with Crippen molar-refractivity contribution in [2.75, 3.05) is 0 Å². The molecule has 0 spiro atoms. The van der Waals surface area contributed by atoms with Crippen LogP contribution in [0.4, 0.5) is 0 Å². The summed E-state index contributed by atoms with van der Waals surface area (Å²) in [6.45, 7) is 9.18. The minimum Gasteiger partial charge on any atom is -0.0744 e. The molecule has 0 nitrogen and oxygen atoms in total. The van der Waals surface area contributed by atoms with Gasteiger partial charge in [0.15, 0.2) is 0 Å². The van der Waals surface area contributed by atoms with Crippen LogP contribution in [-0.2, 0) is 0 Å². The minimum atomic E-state index is 0.706. The number of allylic oxidation sites excluding steroid dienone is 2. The van der Waals surface area contributed by atoms with Gasteiger partial charge in [-0.15, -0.1) is 0 Å². The molecule has 0 N–H and O–H groups in total. The van der Waals surface area contributed by atoms with E-state index in [1.54, 1.807) is 11.1 Å². The van der Waals surface area contributed by atoms with Gasteiger partial charge in [-0.25, -0.2) is 0 Å². The van der Waals surface area contributed by atoms with Gasteiger partial charge in [0, 0.05) is 0 Å². The third-order valence-corrected chi connectivity index (χ3v) is 5.15. The molecule has 20 heavy (non-hydrogen) atoms. The maximum Gasteiger partial charge on any atom is -0.0190 e. The highest BCUT2D eigenvalue weighted by atomic mass is 14.2. The summed E-state index contributed by atoms with van der Waals surface area (Å²) in [6, 6.07) is 9.08. The quantitative estimate of drug-likeness (QED) is 0.543. The maximum absolute atomic E-state index is 2.38. The summed E-state index contributed by atoms with van der Waals surface area (Å²) in [6.07, 6.45) is 8.24. The molecule has 0 unspecified atom stereocenters. The molecule has 1 aliphatic carbocycles. The van der Waals surface area contributed by atoms with Gasteiger partial charge in [-0.3, -0.25) is 0 Å². The Balaban J connectivity index is 1.75. The predicted octanol–water partition coefficient (Wildman–Crippen LogP) is 6.41. The fourth-order valence-corrected chi connectivity index (χ4v) is 3.36. The lowest BCUT2D eigenvalue weighted by Crippen LogP contribution is -2.08. The number of hydrogen-bond donors (Lipinski definition) is 0. The molecule has 0 aliphatic heterocycles. The third-order valence-electron chi connectivity index (χ3n) is 5.15. The molecule has 1 aromatic carbocycles. The SMILES string of the molecule is CC1=C(C)C[C@@H](CCC[C@@H](C)c2ccc(C)cc2)CC1. The summed E-state index contributed by atoms with van der Waals surface area (Å²) >= 11 is 0. The van der Waals surface area contributed by atoms with Crippen LogP contribution in [0.1, 0.15) is 76.3 Å². The summed E-state index contributed by atoms with van der Waals surface area (Å²) < 4.78 is 0. The van der Waals surface area contributed by atoms with Crippen molar-refractivity contribution < 1.29 is 0 Å². The summed E-state index contributed by atoms with van der Waals surface area (Å²) in [4.78, 5) is 0. The number of hydrogen-bond acceptors (Lipinski definition) is 0. The normalized spacial score (nSPS) is 21.1. The van der Waals surface area contributed by atoms with Crippen LogP contribution in [0.15, 0.2) is 35.4 Å². The molecular formula is C20H30. The number of rotatable bonds is 5. The summed E-state index contributed by atoms with van der Waals surface area (Å²) in [5.74, 6) is 1.65. The maximum atomic E-state index is 2.38. The Hall–Kier alpha value is -1.04. The van der Waals surface area contributed by atoms with E-state index < -0.39 is 0 Å². The van der Waals surface area contributed by atoms with E-state index >= 15 is 0 Å². The van der Waals surface area contributed by atoms with Crippen molar-refractivity contribution in [1.82, 2.24) is 0 Å². The summed E-state index contributed by atoms with van der Waals surface area (Å²) in [5, 5.41) is 0. The number of aryl methyl sites for hydroxylation is 1. The van der Waals surface area contributed by atoms with Crippen LogP contribution in [0.5, 0.6) is 0 Å². The van der Waals surface area contributed by atoms with Crippen LogP contribution in [-0.4, -0.2) is 0 Å². The van der Waals surface area contributed by atoms with Crippen molar-refractivity contribution in [3.05, 3.63) is 46.5 Å². The first-order chi connectivity index (χ1) is 9.56. The van der Waals surface area contributed by atoms with Gasteiger partial charge in [-0.1, -0.05) is 60.7 Å². The first-order valence-electron chi connectivity index (χ1n) is 8.28. The standard InChI is InChI=1S/C20H30/c1-15-8-12-20(13-9-15)17(3)6-5-7-19-11-10-16(2)18(4)14-19/h8-9,12-13,17,19H,5-7,10-11,14H2,1-4H3/t17-,19+/m1/s1. The zero-order valence-electron chi connectivity index (χ0n) is 13.7. The highest BCUT2D eigenvalue weighted by Crippen LogP contribution is 2.33. The molecule has 1 aliphatic rings. The van der Waals surface area contributed by atoms with Crippen molar-refractivity contribution in [3.8, 4) is 0 Å². The van der Waals surface area contributed by atoms with Gasteiger partial charge in [-0.2, -0.15) is 0 Å². The molecule has 0 fully saturated rings. The average Bonchev–Trinajstić information content (AvgIpc) is 2.43. The molecule has 0 heteroatoms. The Morgan fingerprint density at radius 2 is 1.75 bits per heavy atom. The predicted molar refractivity (Wildman–Crippen MR) is 89.2 cm³/mol. The zero-order valence-corrected chi connectivity index (χ0v) is 13.7. The molecule has 2 rings (SSSR count). The van der Waals surface area contributed by atoms with E-state index in [0.29, 0.717) is 5.92 Å². The van der Waals surface area contributed by atoms with Crippen molar-refractivity contribution >= 4 is 0 Å².